The molecule has 0 saturated carbocycles. The summed E-state index contributed by atoms with van der Waals surface area (Å²) in [6, 6.07) is 11.7. The predicted octanol–water partition coefficient (Wildman–Crippen LogP) is 2.45. The SMILES string of the molecule is CCOC(=O)CN1CCC(CN2CCN(C(=O)c3ccc4ncn(Cc5ccccc5OCCN(C)C)c4n3)CC2)CC1. The van der Waals surface area contributed by atoms with Gasteiger partial charge in [-0.1, -0.05) is 18.2 Å². The van der Waals surface area contributed by atoms with Crippen molar-refractivity contribution in [3.63, 3.8) is 0 Å². The van der Waals surface area contributed by atoms with Crippen molar-refractivity contribution in [2.24, 2.45) is 5.92 Å². The van der Waals surface area contributed by atoms with Crippen LogP contribution in [0.25, 0.3) is 11.2 Å². The summed E-state index contributed by atoms with van der Waals surface area (Å²) in [6.45, 7) is 10.7. The number of nitrogens with zero attached hydrogens (tertiary/aromatic N) is 7. The van der Waals surface area contributed by atoms with Gasteiger partial charge in [-0.2, -0.15) is 0 Å². The zero-order valence-electron chi connectivity index (χ0n) is 25.8. The molecule has 4 heterocycles. The number of piperazine rings is 1. The van der Waals surface area contributed by atoms with Crippen molar-refractivity contribution in [1.29, 1.82) is 0 Å². The predicted molar refractivity (Wildman–Crippen MR) is 165 cm³/mol. The van der Waals surface area contributed by atoms with E-state index in [9.17, 15) is 9.59 Å². The van der Waals surface area contributed by atoms with Crippen LogP contribution in [0.2, 0.25) is 0 Å². The Morgan fingerprint density at radius 3 is 2.49 bits per heavy atom. The molecule has 232 valence electrons. The molecular weight excluding hydrogens is 546 g/mol. The van der Waals surface area contributed by atoms with E-state index in [2.05, 4.69) is 25.8 Å². The number of benzene rings is 1. The van der Waals surface area contributed by atoms with Crippen LogP contribution in [0.4, 0.5) is 0 Å². The molecule has 2 fully saturated rings. The zero-order chi connectivity index (χ0) is 30.2. The van der Waals surface area contributed by atoms with Gasteiger partial charge >= 0.3 is 5.97 Å². The second-order valence-electron chi connectivity index (χ2n) is 11.8. The Morgan fingerprint density at radius 2 is 1.74 bits per heavy atom. The molecule has 0 spiro atoms. The fourth-order valence-corrected chi connectivity index (χ4v) is 5.85. The molecule has 2 aliphatic heterocycles. The first-order chi connectivity index (χ1) is 20.9. The number of esters is 1. The number of pyridine rings is 1. The van der Waals surface area contributed by atoms with Crippen molar-refractivity contribution in [2.75, 3.05) is 86.2 Å². The molecule has 11 heteroatoms. The van der Waals surface area contributed by atoms with Crippen molar-refractivity contribution in [2.45, 2.75) is 26.3 Å². The minimum Gasteiger partial charge on any atom is -0.492 e. The van der Waals surface area contributed by atoms with Crippen LogP contribution in [-0.2, 0) is 16.1 Å². The molecule has 2 aliphatic rings. The summed E-state index contributed by atoms with van der Waals surface area (Å²) in [5, 5.41) is 0. The number of likely N-dealkylation sites (N-methyl/N-ethyl adjacent to an activating group) is 1. The van der Waals surface area contributed by atoms with Crippen molar-refractivity contribution in [1.82, 2.24) is 34.1 Å². The van der Waals surface area contributed by atoms with E-state index in [1.807, 2.05) is 54.8 Å². The number of carbonyl (C=O) groups is 2. The molecule has 3 aromatic rings. The fraction of sp³-hybridized carbons (Fsp3) is 0.562. The van der Waals surface area contributed by atoms with E-state index in [-0.39, 0.29) is 11.9 Å². The van der Waals surface area contributed by atoms with Gasteiger partial charge in [-0.3, -0.25) is 19.4 Å². The Balaban J connectivity index is 1.14. The number of aromatic nitrogens is 3. The second-order valence-corrected chi connectivity index (χ2v) is 11.8. The monoisotopic (exact) mass is 591 g/mol. The summed E-state index contributed by atoms with van der Waals surface area (Å²) in [5.74, 6) is 1.30. The Bertz CT molecular complexity index is 1360. The van der Waals surface area contributed by atoms with Crippen molar-refractivity contribution in [3.05, 3.63) is 54.0 Å². The van der Waals surface area contributed by atoms with Gasteiger partial charge in [-0.05, 0) is 71.1 Å². The van der Waals surface area contributed by atoms with Gasteiger partial charge in [-0.25, -0.2) is 9.97 Å². The number of para-hydroxylation sites is 1. The maximum Gasteiger partial charge on any atom is 0.320 e. The van der Waals surface area contributed by atoms with Gasteiger partial charge in [0.1, 0.15) is 23.6 Å². The van der Waals surface area contributed by atoms with E-state index in [4.69, 9.17) is 14.5 Å². The molecule has 5 rings (SSSR count). The zero-order valence-corrected chi connectivity index (χ0v) is 25.8. The normalized spacial score (nSPS) is 17.1. The van der Waals surface area contributed by atoms with Gasteiger partial charge in [0, 0.05) is 44.8 Å². The minimum absolute atomic E-state index is 0.0333. The summed E-state index contributed by atoms with van der Waals surface area (Å²) < 4.78 is 13.1. The highest BCUT2D eigenvalue weighted by Gasteiger charge is 2.27. The van der Waals surface area contributed by atoms with Gasteiger partial charge in [0.25, 0.3) is 5.91 Å². The van der Waals surface area contributed by atoms with E-state index in [0.717, 1.165) is 68.9 Å². The third-order valence-electron chi connectivity index (χ3n) is 8.33. The summed E-state index contributed by atoms with van der Waals surface area (Å²) in [7, 11) is 4.05. The van der Waals surface area contributed by atoms with Crippen LogP contribution in [0.3, 0.4) is 0 Å². The minimum atomic E-state index is -0.133. The fourth-order valence-electron chi connectivity index (χ4n) is 5.85. The summed E-state index contributed by atoms with van der Waals surface area (Å²) in [6.07, 6.45) is 3.95. The highest BCUT2D eigenvalue weighted by atomic mass is 16.5. The van der Waals surface area contributed by atoms with Gasteiger partial charge in [0.05, 0.1) is 26.0 Å². The average Bonchev–Trinajstić information content (AvgIpc) is 3.41. The van der Waals surface area contributed by atoms with Crippen LogP contribution in [0, 0.1) is 5.92 Å². The number of imidazole rings is 1. The van der Waals surface area contributed by atoms with Crippen LogP contribution in [0.15, 0.2) is 42.7 Å². The molecule has 0 N–H and O–H groups in total. The lowest BCUT2D eigenvalue weighted by atomic mass is 9.96. The Kier molecular flexibility index (Phi) is 10.6. The number of amides is 1. The average molecular weight is 592 g/mol. The maximum atomic E-state index is 13.5. The second kappa shape index (κ2) is 14.8. The van der Waals surface area contributed by atoms with Crippen LogP contribution in [0.5, 0.6) is 5.75 Å². The number of fused-ring (bicyclic) bond motifs is 1. The van der Waals surface area contributed by atoms with Gasteiger partial charge < -0.3 is 23.8 Å². The lowest BCUT2D eigenvalue weighted by Crippen LogP contribution is -2.50. The largest absolute Gasteiger partial charge is 0.492 e. The number of hydrogen-bond acceptors (Lipinski definition) is 9. The maximum absolute atomic E-state index is 13.5. The van der Waals surface area contributed by atoms with Gasteiger partial charge in [0.15, 0.2) is 5.65 Å². The molecule has 2 saturated heterocycles. The smallest absolute Gasteiger partial charge is 0.320 e. The first-order valence-electron chi connectivity index (χ1n) is 15.5. The molecule has 0 atom stereocenters. The number of hydrogen-bond donors (Lipinski definition) is 0. The third kappa shape index (κ3) is 8.31. The molecule has 2 aromatic heterocycles. The molecule has 0 aliphatic carbocycles. The summed E-state index contributed by atoms with van der Waals surface area (Å²) >= 11 is 0. The van der Waals surface area contributed by atoms with Crippen LogP contribution in [0.1, 0.15) is 35.8 Å². The number of likely N-dealkylation sites (tertiary alicyclic amines) is 1. The van der Waals surface area contributed by atoms with Gasteiger partial charge in [-0.15, -0.1) is 0 Å². The standard InChI is InChI=1S/C32H45N7O4/c1-4-42-30(40)23-36-13-11-25(12-14-36)21-37-15-17-38(18-16-37)32(41)28-10-9-27-31(34-28)39(24-33-27)22-26-7-5-6-8-29(26)43-20-19-35(2)3/h5-10,24-25H,4,11-23H2,1-3H3. The quantitative estimate of drug-likeness (QED) is 0.294. The molecule has 0 unspecified atom stereocenters. The molecule has 1 amide bonds. The van der Waals surface area contributed by atoms with Crippen LogP contribution < -0.4 is 4.74 Å². The Labute approximate surface area is 254 Å². The highest BCUT2D eigenvalue weighted by Crippen LogP contribution is 2.23. The Morgan fingerprint density at radius 1 is 0.977 bits per heavy atom. The van der Waals surface area contributed by atoms with Crippen LogP contribution >= 0.6 is 0 Å². The van der Waals surface area contributed by atoms with Crippen molar-refractivity contribution >= 4 is 23.0 Å². The van der Waals surface area contributed by atoms with Gasteiger partial charge in [0.2, 0.25) is 0 Å². The summed E-state index contributed by atoms with van der Waals surface area (Å²) in [4.78, 5) is 43.2. The van der Waals surface area contributed by atoms with E-state index in [0.29, 0.717) is 56.7 Å². The summed E-state index contributed by atoms with van der Waals surface area (Å²) in [5.41, 5.74) is 2.95. The lowest BCUT2D eigenvalue weighted by Gasteiger charge is -2.38. The molecular formula is C32H45N7O4. The number of rotatable bonds is 12. The first kappa shape index (κ1) is 30.9. The molecule has 0 radical (unpaired) electrons. The lowest BCUT2D eigenvalue weighted by molar-refractivity contribution is -0.144. The molecule has 43 heavy (non-hydrogen) atoms. The van der Waals surface area contributed by atoms with E-state index >= 15 is 0 Å². The molecule has 11 nitrogen and oxygen atoms in total. The van der Waals surface area contributed by atoms with E-state index in [1.54, 1.807) is 12.4 Å². The molecule has 0 bridgehead atoms. The number of carbonyl (C=O) groups excluding carboxylic acids is 2. The third-order valence-corrected chi connectivity index (χ3v) is 8.33. The first-order valence-corrected chi connectivity index (χ1v) is 15.5. The topological polar surface area (TPSA) is 96.3 Å². The molecule has 1 aromatic carbocycles. The highest BCUT2D eigenvalue weighted by molar-refractivity contribution is 5.94. The van der Waals surface area contributed by atoms with Crippen LogP contribution in [-0.4, -0.2) is 132 Å². The van der Waals surface area contributed by atoms with E-state index < -0.39 is 0 Å². The Hall–Kier alpha value is -3.54. The number of ether oxygens (including phenoxy) is 2. The van der Waals surface area contributed by atoms with E-state index in [1.165, 1.54) is 0 Å². The van der Waals surface area contributed by atoms with Crippen molar-refractivity contribution < 1.29 is 19.1 Å². The number of piperidine rings is 1. The van der Waals surface area contributed by atoms with Crippen molar-refractivity contribution in [3.8, 4) is 5.75 Å².